The van der Waals surface area contributed by atoms with Crippen LogP contribution >= 0.6 is 0 Å². The first-order valence-corrected chi connectivity index (χ1v) is 6.53. The van der Waals surface area contributed by atoms with Crippen molar-refractivity contribution in [2.45, 2.75) is 26.8 Å². The monoisotopic (exact) mass is 273 g/mol. The molecule has 0 aliphatic rings. The molecule has 20 heavy (non-hydrogen) atoms. The number of pyridine rings is 1. The van der Waals surface area contributed by atoms with Gasteiger partial charge in [0.15, 0.2) is 0 Å². The summed E-state index contributed by atoms with van der Waals surface area (Å²) in [5.74, 6) is -0.175. The summed E-state index contributed by atoms with van der Waals surface area (Å²) in [6, 6.07) is 3.36. The van der Waals surface area contributed by atoms with E-state index in [0.29, 0.717) is 24.3 Å². The molecule has 0 saturated heterocycles. The lowest BCUT2D eigenvalue weighted by Crippen LogP contribution is -2.16. The van der Waals surface area contributed by atoms with Crippen molar-refractivity contribution in [1.82, 2.24) is 14.8 Å². The Labute approximate surface area is 117 Å². The lowest BCUT2D eigenvalue weighted by atomic mass is 10.1. The van der Waals surface area contributed by atoms with E-state index in [1.54, 1.807) is 18.3 Å². The van der Waals surface area contributed by atoms with Gasteiger partial charge in [-0.05, 0) is 44.5 Å². The first-order chi connectivity index (χ1) is 9.58. The minimum absolute atomic E-state index is 0.175. The molecule has 2 heterocycles. The summed E-state index contributed by atoms with van der Waals surface area (Å²) in [7, 11) is 0. The molecule has 0 atom stereocenters. The first-order valence-electron chi connectivity index (χ1n) is 6.53. The summed E-state index contributed by atoms with van der Waals surface area (Å²) in [6.45, 7) is 4.61. The van der Waals surface area contributed by atoms with Crippen molar-refractivity contribution in [2.24, 2.45) is 11.5 Å². The Morgan fingerprint density at radius 2 is 2.10 bits per heavy atom. The van der Waals surface area contributed by atoms with Gasteiger partial charge in [-0.15, -0.1) is 0 Å². The van der Waals surface area contributed by atoms with Crippen LogP contribution in [0.4, 0.5) is 0 Å². The molecule has 0 amide bonds. The number of nitrogens with two attached hydrogens (primary N) is 2. The maximum Gasteiger partial charge on any atom is 0.278 e. The number of hydrogen-bond acceptors (Lipinski definition) is 5. The van der Waals surface area contributed by atoms with E-state index in [1.807, 2.05) is 13.8 Å². The molecule has 6 nitrogen and oxygen atoms in total. The molecule has 0 aliphatic carbocycles. The molecule has 0 unspecified atom stereocenters. The van der Waals surface area contributed by atoms with E-state index in [9.17, 15) is 4.79 Å². The van der Waals surface area contributed by atoms with Gasteiger partial charge in [0, 0.05) is 24.0 Å². The second kappa shape index (κ2) is 5.94. The Balaban J connectivity index is 2.40. The van der Waals surface area contributed by atoms with Gasteiger partial charge in [-0.25, -0.2) is 4.68 Å². The van der Waals surface area contributed by atoms with Crippen LogP contribution in [0.15, 0.2) is 18.3 Å². The van der Waals surface area contributed by atoms with Crippen LogP contribution in [-0.4, -0.2) is 27.2 Å². The molecule has 2 aromatic heterocycles. The van der Waals surface area contributed by atoms with Gasteiger partial charge in [0.2, 0.25) is 0 Å². The van der Waals surface area contributed by atoms with E-state index in [4.69, 9.17) is 11.5 Å². The van der Waals surface area contributed by atoms with Crippen molar-refractivity contribution < 1.29 is 4.79 Å². The minimum Gasteiger partial charge on any atom is -0.330 e. The van der Waals surface area contributed by atoms with Crippen LogP contribution in [-0.2, 0) is 13.0 Å². The third-order valence-electron chi connectivity index (χ3n) is 3.30. The van der Waals surface area contributed by atoms with Gasteiger partial charge in [-0.1, -0.05) is 0 Å². The topological polar surface area (TPSA) is 99.8 Å². The quantitative estimate of drug-likeness (QED) is 0.847. The molecule has 0 aromatic carbocycles. The Morgan fingerprint density at radius 1 is 1.35 bits per heavy atom. The summed E-state index contributed by atoms with van der Waals surface area (Å²) in [5.41, 5.74) is 15.1. The number of carbonyl (C=O) groups is 1. The summed E-state index contributed by atoms with van der Waals surface area (Å²) in [6.07, 6.45) is 2.30. The zero-order valence-electron chi connectivity index (χ0n) is 11.8. The molecule has 0 radical (unpaired) electrons. The lowest BCUT2D eigenvalue weighted by molar-refractivity contribution is 0.0942. The van der Waals surface area contributed by atoms with E-state index in [0.717, 1.165) is 23.4 Å². The fraction of sp³-hybridized carbons (Fsp3) is 0.357. The molecule has 0 fully saturated rings. The largest absolute Gasteiger partial charge is 0.330 e. The second-order valence-corrected chi connectivity index (χ2v) is 4.64. The molecule has 2 rings (SSSR count). The predicted octanol–water partition coefficient (Wildman–Crippen LogP) is 0.543. The van der Waals surface area contributed by atoms with Gasteiger partial charge in [0.05, 0.1) is 11.4 Å². The highest BCUT2D eigenvalue weighted by molar-refractivity contribution is 5.95. The average molecular weight is 273 g/mol. The minimum atomic E-state index is -0.175. The standard InChI is InChI=1S/C14H19N5O/c1-9-13(3-5-15)10(2)19(18-9)14(20)11-4-6-17-12(7-11)8-16/h4,6-7H,3,5,8,15-16H2,1-2H3. The Bertz CT molecular complexity index is 632. The summed E-state index contributed by atoms with van der Waals surface area (Å²) < 4.78 is 1.43. The number of nitrogens with zero attached hydrogens (tertiary/aromatic N) is 3. The average Bonchev–Trinajstić information content (AvgIpc) is 2.75. The third kappa shape index (κ3) is 2.61. The van der Waals surface area contributed by atoms with Gasteiger partial charge in [0.25, 0.3) is 5.91 Å². The first kappa shape index (κ1) is 14.4. The fourth-order valence-corrected chi connectivity index (χ4v) is 2.22. The highest BCUT2D eigenvalue weighted by atomic mass is 16.2. The van der Waals surface area contributed by atoms with Crippen LogP contribution in [0.1, 0.15) is 33.0 Å². The van der Waals surface area contributed by atoms with Gasteiger partial charge >= 0.3 is 0 Å². The zero-order chi connectivity index (χ0) is 14.7. The van der Waals surface area contributed by atoms with E-state index in [2.05, 4.69) is 10.1 Å². The lowest BCUT2D eigenvalue weighted by Gasteiger charge is -2.05. The SMILES string of the molecule is Cc1nn(C(=O)c2ccnc(CN)c2)c(C)c1CCN. The fourth-order valence-electron chi connectivity index (χ4n) is 2.22. The third-order valence-corrected chi connectivity index (χ3v) is 3.30. The van der Waals surface area contributed by atoms with Gasteiger partial charge in [-0.3, -0.25) is 9.78 Å². The van der Waals surface area contributed by atoms with Crippen LogP contribution in [0.5, 0.6) is 0 Å². The summed E-state index contributed by atoms with van der Waals surface area (Å²) >= 11 is 0. The predicted molar refractivity (Wildman–Crippen MR) is 76.3 cm³/mol. The van der Waals surface area contributed by atoms with Crippen molar-refractivity contribution in [3.05, 3.63) is 46.5 Å². The maximum absolute atomic E-state index is 12.5. The van der Waals surface area contributed by atoms with E-state index in [1.165, 1.54) is 4.68 Å². The second-order valence-electron chi connectivity index (χ2n) is 4.64. The molecule has 0 bridgehead atoms. The highest BCUT2D eigenvalue weighted by Gasteiger charge is 2.17. The van der Waals surface area contributed by atoms with Crippen LogP contribution in [0, 0.1) is 13.8 Å². The van der Waals surface area contributed by atoms with Crippen LogP contribution in [0.25, 0.3) is 0 Å². The molecule has 0 saturated carbocycles. The number of aryl methyl sites for hydroxylation is 1. The molecular weight excluding hydrogens is 254 g/mol. The van der Waals surface area contributed by atoms with Gasteiger partial charge in [0.1, 0.15) is 0 Å². The van der Waals surface area contributed by atoms with Crippen molar-refractivity contribution in [2.75, 3.05) is 6.54 Å². The molecule has 0 spiro atoms. The molecule has 6 heteroatoms. The van der Waals surface area contributed by atoms with Gasteiger partial charge in [-0.2, -0.15) is 5.10 Å². The van der Waals surface area contributed by atoms with E-state index in [-0.39, 0.29) is 5.91 Å². The molecule has 106 valence electrons. The van der Waals surface area contributed by atoms with Crippen LogP contribution < -0.4 is 11.5 Å². The van der Waals surface area contributed by atoms with Gasteiger partial charge < -0.3 is 11.5 Å². The molecule has 2 aromatic rings. The number of hydrogen-bond donors (Lipinski definition) is 2. The number of rotatable bonds is 4. The van der Waals surface area contributed by atoms with Crippen LogP contribution in [0.3, 0.4) is 0 Å². The van der Waals surface area contributed by atoms with Crippen molar-refractivity contribution in [3.8, 4) is 0 Å². The zero-order valence-corrected chi connectivity index (χ0v) is 11.8. The Hall–Kier alpha value is -2.05. The molecular formula is C14H19N5O. The van der Waals surface area contributed by atoms with E-state index >= 15 is 0 Å². The Morgan fingerprint density at radius 3 is 2.75 bits per heavy atom. The van der Waals surface area contributed by atoms with Crippen molar-refractivity contribution in [3.63, 3.8) is 0 Å². The number of aromatic nitrogens is 3. The van der Waals surface area contributed by atoms with Crippen molar-refractivity contribution >= 4 is 5.91 Å². The van der Waals surface area contributed by atoms with E-state index < -0.39 is 0 Å². The van der Waals surface area contributed by atoms with Crippen LogP contribution in [0.2, 0.25) is 0 Å². The molecule has 4 N–H and O–H groups in total. The Kier molecular flexibility index (Phi) is 4.26. The summed E-state index contributed by atoms with van der Waals surface area (Å²) in [4.78, 5) is 16.6. The maximum atomic E-state index is 12.5. The summed E-state index contributed by atoms with van der Waals surface area (Å²) in [5, 5.41) is 4.32. The number of carbonyl (C=O) groups excluding carboxylic acids is 1. The smallest absolute Gasteiger partial charge is 0.278 e. The normalized spacial score (nSPS) is 10.8. The molecule has 0 aliphatic heterocycles. The van der Waals surface area contributed by atoms with Crippen molar-refractivity contribution in [1.29, 1.82) is 0 Å². The highest BCUT2D eigenvalue weighted by Crippen LogP contribution is 2.15.